The summed E-state index contributed by atoms with van der Waals surface area (Å²) in [6.45, 7) is 8.61. The third kappa shape index (κ3) is 3.59. The highest BCUT2D eigenvalue weighted by Gasteiger charge is 2.12. The third-order valence-corrected chi connectivity index (χ3v) is 3.23. The minimum atomic E-state index is 0.484. The van der Waals surface area contributed by atoms with E-state index in [1.54, 1.807) is 0 Å². The summed E-state index contributed by atoms with van der Waals surface area (Å²) in [6.07, 6.45) is 4.21. The van der Waals surface area contributed by atoms with E-state index in [4.69, 9.17) is 0 Å². The van der Waals surface area contributed by atoms with Gasteiger partial charge >= 0.3 is 0 Å². The van der Waals surface area contributed by atoms with Crippen molar-refractivity contribution in [3.05, 3.63) is 11.4 Å². The first-order chi connectivity index (χ1) is 8.65. The van der Waals surface area contributed by atoms with Crippen LogP contribution >= 0.6 is 0 Å². The van der Waals surface area contributed by atoms with Crippen LogP contribution in [-0.4, -0.2) is 23.1 Å². The Bertz CT molecular complexity index is 372. The average Bonchev–Trinajstić information content (AvgIpc) is 2.39. The number of aryl methyl sites for hydroxylation is 1. The molecule has 0 saturated carbocycles. The number of hydrogen-bond donors (Lipinski definition) is 2. The van der Waals surface area contributed by atoms with E-state index >= 15 is 0 Å². The fraction of sp³-hybridized carbons (Fsp3) is 0.714. The zero-order valence-electron chi connectivity index (χ0n) is 12.3. The number of hydrogen-bond acceptors (Lipinski definition) is 4. The summed E-state index contributed by atoms with van der Waals surface area (Å²) in [7, 11) is 1.91. The van der Waals surface area contributed by atoms with Crippen LogP contribution in [0.5, 0.6) is 0 Å². The van der Waals surface area contributed by atoms with Crippen molar-refractivity contribution in [2.24, 2.45) is 0 Å². The Labute approximate surface area is 111 Å². The highest BCUT2D eigenvalue weighted by Crippen LogP contribution is 2.21. The molecule has 0 aliphatic heterocycles. The molecule has 0 saturated heterocycles. The van der Waals surface area contributed by atoms with Gasteiger partial charge in [-0.2, -0.15) is 0 Å². The normalized spacial score (nSPS) is 10.8. The van der Waals surface area contributed by atoms with Crippen molar-refractivity contribution in [2.75, 3.05) is 17.7 Å². The standard InChI is InChI=1S/C14H26N4/c1-6-9-12-17-13(15-5)10(4)14(18-12)16-11(7-2)8-3/h11H,6-9H2,1-5H3,(H2,15,16,17,18). The molecule has 1 aromatic heterocycles. The largest absolute Gasteiger partial charge is 0.373 e. The van der Waals surface area contributed by atoms with E-state index in [0.29, 0.717) is 6.04 Å². The van der Waals surface area contributed by atoms with Gasteiger partial charge in [-0.15, -0.1) is 0 Å². The van der Waals surface area contributed by atoms with Gasteiger partial charge in [-0.25, -0.2) is 9.97 Å². The van der Waals surface area contributed by atoms with Crippen molar-refractivity contribution in [2.45, 2.75) is 59.4 Å². The Hall–Kier alpha value is -1.32. The van der Waals surface area contributed by atoms with Crippen LogP contribution in [0.15, 0.2) is 0 Å². The fourth-order valence-corrected chi connectivity index (χ4v) is 1.97. The van der Waals surface area contributed by atoms with Crippen LogP contribution in [0.3, 0.4) is 0 Å². The molecular weight excluding hydrogens is 224 g/mol. The van der Waals surface area contributed by atoms with Gasteiger partial charge in [-0.05, 0) is 26.2 Å². The monoisotopic (exact) mass is 250 g/mol. The second-order valence-corrected chi connectivity index (χ2v) is 4.62. The van der Waals surface area contributed by atoms with Crippen LogP contribution in [0.4, 0.5) is 11.6 Å². The maximum absolute atomic E-state index is 4.64. The topological polar surface area (TPSA) is 49.8 Å². The van der Waals surface area contributed by atoms with Gasteiger partial charge in [0.05, 0.1) is 0 Å². The zero-order valence-corrected chi connectivity index (χ0v) is 12.3. The van der Waals surface area contributed by atoms with Crippen LogP contribution in [0.25, 0.3) is 0 Å². The van der Waals surface area contributed by atoms with Crippen molar-refractivity contribution in [3.8, 4) is 0 Å². The highest BCUT2D eigenvalue weighted by molar-refractivity contribution is 5.57. The smallest absolute Gasteiger partial charge is 0.134 e. The predicted molar refractivity (Wildman–Crippen MR) is 78.3 cm³/mol. The van der Waals surface area contributed by atoms with Crippen LogP contribution in [0.1, 0.15) is 51.4 Å². The molecule has 102 valence electrons. The van der Waals surface area contributed by atoms with E-state index < -0.39 is 0 Å². The highest BCUT2D eigenvalue weighted by atomic mass is 15.1. The molecule has 4 heteroatoms. The number of nitrogens with one attached hydrogen (secondary N) is 2. The molecular formula is C14H26N4. The maximum Gasteiger partial charge on any atom is 0.134 e. The minimum Gasteiger partial charge on any atom is -0.373 e. The van der Waals surface area contributed by atoms with E-state index in [9.17, 15) is 0 Å². The van der Waals surface area contributed by atoms with Crippen molar-refractivity contribution < 1.29 is 0 Å². The minimum absolute atomic E-state index is 0.484. The number of nitrogens with zero attached hydrogens (tertiary/aromatic N) is 2. The fourth-order valence-electron chi connectivity index (χ4n) is 1.97. The van der Waals surface area contributed by atoms with Crippen molar-refractivity contribution in [3.63, 3.8) is 0 Å². The first-order valence-electron chi connectivity index (χ1n) is 6.97. The Morgan fingerprint density at radius 2 is 1.67 bits per heavy atom. The Balaban J connectivity index is 3.03. The lowest BCUT2D eigenvalue weighted by atomic mass is 10.1. The number of aromatic nitrogens is 2. The number of rotatable bonds is 7. The molecule has 1 heterocycles. The second-order valence-electron chi connectivity index (χ2n) is 4.62. The van der Waals surface area contributed by atoms with Gasteiger partial charge in [0.2, 0.25) is 0 Å². The van der Waals surface area contributed by atoms with Gasteiger partial charge in [0, 0.05) is 25.1 Å². The molecule has 0 unspecified atom stereocenters. The molecule has 0 atom stereocenters. The molecule has 0 amide bonds. The SMILES string of the molecule is CCCc1nc(NC)c(C)c(NC(CC)CC)n1. The first-order valence-corrected chi connectivity index (χ1v) is 6.97. The van der Waals surface area contributed by atoms with Gasteiger partial charge in [0.15, 0.2) is 0 Å². The summed E-state index contributed by atoms with van der Waals surface area (Å²) in [5.74, 6) is 2.83. The van der Waals surface area contributed by atoms with E-state index in [0.717, 1.165) is 48.7 Å². The predicted octanol–water partition coefficient (Wildman–Crippen LogP) is 3.38. The average molecular weight is 250 g/mol. The first kappa shape index (κ1) is 14.7. The van der Waals surface area contributed by atoms with E-state index in [-0.39, 0.29) is 0 Å². The molecule has 18 heavy (non-hydrogen) atoms. The Morgan fingerprint density at radius 3 is 2.17 bits per heavy atom. The van der Waals surface area contributed by atoms with E-state index in [2.05, 4.69) is 48.3 Å². The van der Waals surface area contributed by atoms with Crippen LogP contribution < -0.4 is 10.6 Å². The number of anilines is 2. The molecule has 4 nitrogen and oxygen atoms in total. The van der Waals surface area contributed by atoms with E-state index in [1.165, 1.54) is 0 Å². The molecule has 0 aliphatic carbocycles. The molecule has 0 spiro atoms. The van der Waals surface area contributed by atoms with Crippen LogP contribution in [0, 0.1) is 6.92 Å². The summed E-state index contributed by atoms with van der Waals surface area (Å²) in [4.78, 5) is 9.18. The second kappa shape index (κ2) is 7.19. The summed E-state index contributed by atoms with van der Waals surface area (Å²) < 4.78 is 0. The molecule has 0 radical (unpaired) electrons. The van der Waals surface area contributed by atoms with Gasteiger partial charge in [-0.1, -0.05) is 20.8 Å². The molecule has 0 aromatic carbocycles. The van der Waals surface area contributed by atoms with Gasteiger partial charge in [-0.3, -0.25) is 0 Å². The van der Waals surface area contributed by atoms with Crippen molar-refractivity contribution >= 4 is 11.6 Å². The summed E-state index contributed by atoms with van der Waals surface area (Å²) in [5, 5.41) is 6.68. The molecule has 1 rings (SSSR count). The quantitative estimate of drug-likeness (QED) is 0.779. The molecule has 0 fully saturated rings. The van der Waals surface area contributed by atoms with Crippen LogP contribution in [-0.2, 0) is 6.42 Å². The molecule has 0 aliphatic rings. The third-order valence-electron chi connectivity index (χ3n) is 3.23. The molecule has 2 N–H and O–H groups in total. The Kier molecular flexibility index (Phi) is 5.89. The van der Waals surface area contributed by atoms with Gasteiger partial charge in [0.25, 0.3) is 0 Å². The van der Waals surface area contributed by atoms with Crippen molar-refractivity contribution in [1.82, 2.24) is 9.97 Å². The zero-order chi connectivity index (χ0) is 13.5. The summed E-state index contributed by atoms with van der Waals surface area (Å²) in [5.41, 5.74) is 1.10. The lowest BCUT2D eigenvalue weighted by Crippen LogP contribution is -2.20. The lowest BCUT2D eigenvalue weighted by Gasteiger charge is -2.19. The lowest BCUT2D eigenvalue weighted by molar-refractivity contribution is 0.665. The van der Waals surface area contributed by atoms with Gasteiger partial charge < -0.3 is 10.6 Å². The Morgan fingerprint density at radius 1 is 1.06 bits per heavy atom. The van der Waals surface area contributed by atoms with E-state index in [1.807, 2.05) is 7.05 Å². The molecule has 0 bridgehead atoms. The van der Waals surface area contributed by atoms with Gasteiger partial charge in [0.1, 0.15) is 17.5 Å². The van der Waals surface area contributed by atoms with Crippen molar-refractivity contribution in [1.29, 1.82) is 0 Å². The summed E-state index contributed by atoms with van der Waals surface area (Å²) in [6, 6.07) is 0.484. The maximum atomic E-state index is 4.64. The summed E-state index contributed by atoms with van der Waals surface area (Å²) >= 11 is 0. The molecule has 1 aromatic rings. The van der Waals surface area contributed by atoms with Crippen LogP contribution in [0.2, 0.25) is 0 Å².